The number of hydrogen-bond acceptors (Lipinski definition) is 3. The Morgan fingerprint density at radius 2 is 1.95 bits per heavy atom. The Labute approximate surface area is 121 Å². The van der Waals surface area contributed by atoms with Crippen molar-refractivity contribution >= 4 is 17.7 Å². The topological polar surface area (TPSA) is 49.3 Å². The highest BCUT2D eigenvalue weighted by Crippen LogP contribution is 2.44. The zero-order chi connectivity index (χ0) is 14.2. The largest absolute Gasteiger partial charge is 0.480 e. The van der Waals surface area contributed by atoms with Gasteiger partial charge in [-0.3, -0.25) is 10.1 Å². The molecule has 0 amide bonds. The molecule has 3 rings (SSSR count). The smallest absolute Gasteiger partial charge is 0.325 e. The summed E-state index contributed by atoms with van der Waals surface area (Å²) >= 11 is 1.49. The average molecular weight is 295 g/mol. The van der Waals surface area contributed by atoms with Crippen LogP contribution in [0.15, 0.2) is 29.2 Å². The van der Waals surface area contributed by atoms with E-state index in [2.05, 4.69) is 5.32 Å². The van der Waals surface area contributed by atoms with Crippen LogP contribution in [0, 0.1) is 11.7 Å². The molecule has 3 nitrogen and oxygen atoms in total. The lowest BCUT2D eigenvalue weighted by Gasteiger charge is -2.30. The van der Waals surface area contributed by atoms with Crippen molar-refractivity contribution in [2.24, 2.45) is 5.92 Å². The maximum absolute atomic E-state index is 12.9. The number of aliphatic carboxylic acids is 1. The number of carboxylic acids is 1. The summed E-state index contributed by atoms with van der Waals surface area (Å²) in [5.41, 5.74) is -0.819. The second-order valence-corrected chi connectivity index (χ2v) is 6.76. The normalized spacial score (nSPS) is 21.4. The predicted octanol–water partition coefficient (Wildman–Crippen LogP) is 2.90. The molecule has 5 heteroatoms. The Morgan fingerprint density at radius 1 is 1.30 bits per heavy atom. The fraction of sp³-hybridized carbons (Fsp3) is 0.533. The number of thioether (sulfide) groups is 1. The van der Waals surface area contributed by atoms with E-state index in [0.29, 0.717) is 11.8 Å². The molecular weight excluding hydrogens is 277 g/mol. The number of benzene rings is 1. The van der Waals surface area contributed by atoms with Gasteiger partial charge in [-0.1, -0.05) is 0 Å². The first-order chi connectivity index (χ1) is 9.60. The lowest BCUT2D eigenvalue weighted by Crippen LogP contribution is -2.57. The number of halogens is 1. The highest BCUT2D eigenvalue weighted by Gasteiger charge is 2.53. The standard InChI is InChI=1S/C15H18FNO2S/c16-11-3-7-13(8-4-11)20-9-15(14(18)19,10-1-2-10)17-12-5-6-12/h3-4,7-8,10,12,17H,1-2,5-6,9H2,(H,18,19). The third-order valence-corrected chi connectivity index (χ3v) is 5.18. The first-order valence-electron chi connectivity index (χ1n) is 6.99. The van der Waals surface area contributed by atoms with E-state index in [-0.39, 0.29) is 11.7 Å². The van der Waals surface area contributed by atoms with E-state index < -0.39 is 11.5 Å². The summed E-state index contributed by atoms with van der Waals surface area (Å²) in [6.45, 7) is 0. The van der Waals surface area contributed by atoms with Gasteiger partial charge >= 0.3 is 5.97 Å². The minimum Gasteiger partial charge on any atom is -0.480 e. The molecular formula is C15H18FNO2S. The van der Waals surface area contributed by atoms with E-state index in [1.54, 1.807) is 12.1 Å². The van der Waals surface area contributed by atoms with Crippen molar-refractivity contribution in [1.82, 2.24) is 5.32 Å². The van der Waals surface area contributed by atoms with Crippen molar-refractivity contribution in [1.29, 1.82) is 0 Å². The summed E-state index contributed by atoms with van der Waals surface area (Å²) in [5.74, 6) is -0.290. The van der Waals surface area contributed by atoms with Gasteiger partial charge in [0.15, 0.2) is 0 Å². The minimum atomic E-state index is -0.819. The van der Waals surface area contributed by atoms with Crippen LogP contribution >= 0.6 is 11.8 Å². The van der Waals surface area contributed by atoms with Crippen LogP contribution in [0.2, 0.25) is 0 Å². The molecule has 0 heterocycles. The van der Waals surface area contributed by atoms with Crippen molar-refractivity contribution in [2.75, 3.05) is 5.75 Å². The Balaban J connectivity index is 1.71. The second-order valence-electron chi connectivity index (χ2n) is 5.71. The highest BCUT2D eigenvalue weighted by molar-refractivity contribution is 7.99. The molecule has 2 aliphatic rings. The number of hydrogen-bond donors (Lipinski definition) is 2. The maximum atomic E-state index is 12.9. The van der Waals surface area contributed by atoms with Crippen LogP contribution in [-0.4, -0.2) is 28.4 Å². The first-order valence-corrected chi connectivity index (χ1v) is 7.98. The fourth-order valence-corrected chi connectivity index (χ4v) is 3.64. The van der Waals surface area contributed by atoms with Gasteiger partial charge in [-0.15, -0.1) is 11.8 Å². The van der Waals surface area contributed by atoms with Gasteiger partial charge in [-0.25, -0.2) is 4.39 Å². The molecule has 20 heavy (non-hydrogen) atoms. The van der Waals surface area contributed by atoms with Gasteiger partial charge in [-0.2, -0.15) is 0 Å². The van der Waals surface area contributed by atoms with Gasteiger partial charge < -0.3 is 5.11 Å². The van der Waals surface area contributed by atoms with Crippen LogP contribution in [0.25, 0.3) is 0 Å². The zero-order valence-corrected chi connectivity index (χ0v) is 12.0. The van der Waals surface area contributed by atoms with Crippen LogP contribution in [-0.2, 0) is 4.79 Å². The summed E-state index contributed by atoms with van der Waals surface area (Å²) < 4.78 is 12.9. The Hall–Kier alpha value is -1.07. The SMILES string of the molecule is O=C(O)C(CSc1ccc(F)cc1)(NC1CC1)C1CC1. The van der Waals surface area contributed by atoms with Crippen LogP contribution in [0.5, 0.6) is 0 Å². The summed E-state index contributed by atoms with van der Waals surface area (Å²) in [6, 6.07) is 6.60. The zero-order valence-electron chi connectivity index (χ0n) is 11.1. The number of carboxylic acid groups (broad SMARTS) is 1. The highest BCUT2D eigenvalue weighted by atomic mass is 32.2. The molecule has 0 radical (unpaired) electrons. The third-order valence-electron chi connectivity index (χ3n) is 3.98. The van der Waals surface area contributed by atoms with Crippen molar-refractivity contribution in [3.63, 3.8) is 0 Å². The summed E-state index contributed by atoms with van der Waals surface area (Å²) in [4.78, 5) is 12.7. The second kappa shape index (κ2) is 5.37. The molecule has 2 fully saturated rings. The van der Waals surface area contributed by atoms with Gasteiger partial charge in [-0.05, 0) is 55.9 Å². The number of nitrogens with one attached hydrogen (secondary N) is 1. The fourth-order valence-electron chi connectivity index (χ4n) is 2.47. The van der Waals surface area contributed by atoms with E-state index in [9.17, 15) is 14.3 Å². The molecule has 2 saturated carbocycles. The molecule has 2 N–H and O–H groups in total. The third kappa shape index (κ3) is 2.99. The van der Waals surface area contributed by atoms with Gasteiger partial charge in [0.05, 0.1) is 0 Å². The molecule has 0 spiro atoms. The van der Waals surface area contributed by atoms with Gasteiger partial charge in [0.25, 0.3) is 0 Å². The van der Waals surface area contributed by atoms with Gasteiger partial charge in [0.1, 0.15) is 11.4 Å². The number of carbonyl (C=O) groups is 1. The van der Waals surface area contributed by atoms with E-state index in [1.807, 2.05) is 0 Å². The van der Waals surface area contributed by atoms with Crippen molar-refractivity contribution in [3.8, 4) is 0 Å². The molecule has 1 unspecified atom stereocenters. The molecule has 0 aromatic heterocycles. The van der Waals surface area contributed by atoms with Gasteiger partial charge in [0.2, 0.25) is 0 Å². The molecule has 2 aliphatic carbocycles. The van der Waals surface area contributed by atoms with E-state index >= 15 is 0 Å². The quantitative estimate of drug-likeness (QED) is 0.759. The molecule has 1 aromatic rings. The Bertz CT molecular complexity index is 499. The van der Waals surface area contributed by atoms with Crippen molar-refractivity contribution in [2.45, 2.75) is 42.2 Å². The molecule has 1 aromatic carbocycles. The Morgan fingerprint density at radius 3 is 2.45 bits per heavy atom. The maximum Gasteiger partial charge on any atom is 0.325 e. The Kier molecular flexibility index (Phi) is 3.73. The van der Waals surface area contributed by atoms with E-state index in [1.165, 1.54) is 23.9 Å². The molecule has 108 valence electrons. The first kappa shape index (κ1) is 13.9. The average Bonchev–Trinajstić information content (AvgIpc) is 3.28. The molecule has 0 bridgehead atoms. The van der Waals surface area contributed by atoms with E-state index in [0.717, 1.165) is 30.6 Å². The van der Waals surface area contributed by atoms with Crippen molar-refractivity contribution in [3.05, 3.63) is 30.1 Å². The van der Waals surface area contributed by atoms with Crippen LogP contribution in [0.3, 0.4) is 0 Å². The van der Waals surface area contributed by atoms with Crippen LogP contribution in [0.1, 0.15) is 25.7 Å². The minimum absolute atomic E-state index is 0.230. The predicted molar refractivity (Wildman–Crippen MR) is 76.4 cm³/mol. The summed E-state index contributed by atoms with van der Waals surface area (Å²) in [6.07, 6.45) is 4.11. The van der Waals surface area contributed by atoms with Crippen LogP contribution < -0.4 is 5.32 Å². The number of rotatable bonds is 7. The molecule has 0 saturated heterocycles. The van der Waals surface area contributed by atoms with E-state index in [4.69, 9.17) is 0 Å². The summed E-state index contributed by atoms with van der Waals surface area (Å²) in [7, 11) is 0. The lowest BCUT2D eigenvalue weighted by atomic mass is 9.95. The molecule has 1 atom stereocenters. The summed E-state index contributed by atoms with van der Waals surface area (Å²) in [5, 5.41) is 13.1. The molecule has 0 aliphatic heterocycles. The lowest BCUT2D eigenvalue weighted by molar-refractivity contribution is -0.145. The van der Waals surface area contributed by atoms with Crippen LogP contribution in [0.4, 0.5) is 4.39 Å². The van der Waals surface area contributed by atoms with Crippen molar-refractivity contribution < 1.29 is 14.3 Å². The van der Waals surface area contributed by atoms with Gasteiger partial charge in [0, 0.05) is 16.7 Å². The monoisotopic (exact) mass is 295 g/mol.